The van der Waals surface area contributed by atoms with E-state index in [1.807, 2.05) is 0 Å². The van der Waals surface area contributed by atoms with Gasteiger partial charge in [0.15, 0.2) is 0 Å². The van der Waals surface area contributed by atoms with E-state index >= 15 is 0 Å². The number of carboxylic acids is 1. The molecular formula is C14H12FN3O3. The molecule has 0 saturated heterocycles. The first kappa shape index (κ1) is 14.4. The van der Waals surface area contributed by atoms with Gasteiger partial charge in [0, 0.05) is 11.9 Å². The molecule has 1 aromatic carbocycles. The maximum absolute atomic E-state index is 12.8. The minimum atomic E-state index is -1.09. The van der Waals surface area contributed by atoms with Gasteiger partial charge in [0.05, 0.1) is 17.8 Å². The average molecular weight is 289 g/mol. The molecule has 0 aliphatic carbocycles. The zero-order chi connectivity index (χ0) is 15.2. The fourth-order valence-corrected chi connectivity index (χ4v) is 1.65. The van der Waals surface area contributed by atoms with Crippen molar-refractivity contribution in [3.05, 3.63) is 59.7 Å². The lowest BCUT2D eigenvalue weighted by Crippen LogP contribution is -2.17. The molecule has 0 radical (unpaired) electrons. The third-order valence-corrected chi connectivity index (χ3v) is 2.73. The van der Waals surface area contributed by atoms with Gasteiger partial charge in [-0.3, -0.25) is 4.98 Å². The van der Waals surface area contributed by atoms with Crippen molar-refractivity contribution < 1.29 is 19.5 Å². The predicted molar refractivity (Wildman–Crippen MR) is 74.4 cm³/mol. The highest BCUT2D eigenvalue weighted by Crippen LogP contribution is 2.09. The van der Waals surface area contributed by atoms with Crippen molar-refractivity contribution in [2.75, 3.05) is 11.9 Å². The second-order valence-corrected chi connectivity index (χ2v) is 4.14. The lowest BCUT2D eigenvalue weighted by Gasteiger charge is -2.08. The maximum Gasteiger partial charge on any atom is 0.335 e. The number of rotatable bonds is 5. The third-order valence-electron chi connectivity index (χ3n) is 2.73. The largest absolute Gasteiger partial charge is 0.478 e. The molecule has 0 fully saturated rings. The first-order valence-corrected chi connectivity index (χ1v) is 6.00. The highest BCUT2D eigenvalue weighted by atomic mass is 19.1. The van der Waals surface area contributed by atoms with Crippen LogP contribution in [0.2, 0.25) is 0 Å². The Balaban J connectivity index is 2.11. The van der Waals surface area contributed by atoms with Crippen LogP contribution in [-0.4, -0.2) is 33.5 Å². The Morgan fingerprint density at radius 3 is 2.62 bits per heavy atom. The van der Waals surface area contributed by atoms with E-state index in [4.69, 9.17) is 10.3 Å². The summed E-state index contributed by atoms with van der Waals surface area (Å²) in [6.45, 7) is 0.109. The molecule has 0 saturated carbocycles. The molecule has 7 heteroatoms. The van der Waals surface area contributed by atoms with E-state index in [0.29, 0.717) is 5.69 Å². The van der Waals surface area contributed by atoms with Gasteiger partial charge >= 0.3 is 5.97 Å². The van der Waals surface area contributed by atoms with Crippen LogP contribution in [0.4, 0.5) is 10.1 Å². The molecule has 0 aliphatic rings. The van der Waals surface area contributed by atoms with Gasteiger partial charge in [-0.15, -0.1) is 0 Å². The Hall–Kier alpha value is -2.96. The van der Waals surface area contributed by atoms with E-state index in [1.54, 1.807) is 0 Å². The number of aromatic carboxylic acids is 1. The second kappa shape index (κ2) is 6.47. The summed E-state index contributed by atoms with van der Waals surface area (Å²) in [6, 6.07) is 8.30. The van der Waals surface area contributed by atoms with Gasteiger partial charge < -0.3 is 15.6 Å². The van der Waals surface area contributed by atoms with E-state index in [2.05, 4.69) is 15.5 Å². The normalized spacial score (nSPS) is 11.2. The highest BCUT2D eigenvalue weighted by Gasteiger charge is 2.10. The van der Waals surface area contributed by atoms with Crippen LogP contribution in [-0.2, 0) is 0 Å². The number of halogens is 1. The zero-order valence-electron chi connectivity index (χ0n) is 10.8. The molecule has 2 rings (SSSR count). The number of hydrogen-bond donors (Lipinski definition) is 3. The maximum atomic E-state index is 12.8. The Morgan fingerprint density at radius 2 is 2.00 bits per heavy atom. The van der Waals surface area contributed by atoms with Crippen molar-refractivity contribution in [3.8, 4) is 0 Å². The molecule has 108 valence electrons. The standard InChI is InChI=1S/C14H12FN3O3/c15-10-1-3-11(4-2-10)17-8-13(18-21)12-7-9(14(19)20)5-6-16-12/h1-7,17,21H,8H2,(H,19,20)/b18-13+. The van der Waals surface area contributed by atoms with Crippen molar-refractivity contribution in [2.24, 2.45) is 5.16 Å². The van der Waals surface area contributed by atoms with Crippen LogP contribution in [0.5, 0.6) is 0 Å². The Kier molecular flexibility index (Phi) is 4.45. The number of nitrogens with one attached hydrogen (secondary N) is 1. The van der Waals surface area contributed by atoms with Gasteiger partial charge in [-0.05, 0) is 36.4 Å². The van der Waals surface area contributed by atoms with Crippen LogP contribution >= 0.6 is 0 Å². The average Bonchev–Trinajstić information content (AvgIpc) is 2.50. The predicted octanol–water partition coefficient (Wildman–Crippen LogP) is 2.21. The minimum Gasteiger partial charge on any atom is -0.478 e. The van der Waals surface area contributed by atoms with Crippen LogP contribution in [0.3, 0.4) is 0 Å². The molecule has 0 spiro atoms. The summed E-state index contributed by atoms with van der Waals surface area (Å²) in [5.41, 5.74) is 1.09. The fraction of sp³-hybridized carbons (Fsp3) is 0.0714. The number of oxime groups is 1. The first-order valence-electron chi connectivity index (χ1n) is 6.00. The Labute approximate surface area is 119 Å². The van der Waals surface area contributed by atoms with Crippen molar-refractivity contribution in [1.82, 2.24) is 4.98 Å². The molecule has 0 unspecified atom stereocenters. The third kappa shape index (κ3) is 3.75. The number of nitrogens with zero attached hydrogens (tertiary/aromatic N) is 2. The SMILES string of the molecule is O=C(O)c1ccnc(/C(CNc2ccc(F)cc2)=N/O)c1. The van der Waals surface area contributed by atoms with Gasteiger partial charge in [-0.25, -0.2) is 9.18 Å². The summed E-state index contributed by atoms with van der Waals surface area (Å²) in [6.07, 6.45) is 1.32. The Morgan fingerprint density at radius 1 is 1.29 bits per heavy atom. The van der Waals surface area contributed by atoms with Gasteiger partial charge in [0.25, 0.3) is 0 Å². The molecular weight excluding hydrogens is 277 g/mol. The number of hydrogen-bond acceptors (Lipinski definition) is 5. The summed E-state index contributed by atoms with van der Waals surface area (Å²) in [5.74, 6) is -1.45. The molecule has 0 atom stereocenters. The van der Waals surface area contributed by atoms with Crippen LogP contribution in [0, 0.1) is 5.82 Å². The van der Waals surface area contributed by atoms with Crippen molar-refractivity contribution in [2.45, 2.75) is 0 Å². The number of carboxylic acid groups (broad SMARTS) is 1. The monoisotopic (exact) mass is 289 g/mol. The van der Waals surface area contributed by atoms with Crippen molar-refractivity contribution in [3.63, 3.8) is 0 Å². The zero-order valence-corrected chi connectivity index (χ0v) is 10.8. The summed E-state index contributed by atoms with van der Waals surface area (Å²) in [4.78, 5) is 14.9. The number of aromatic nitrogens is 1. The van der Waals surface area contributed by atoms with Crippen molar-refractivity contribution >= 4 is 17.4 Å². The fourth-order valence-electron chi connectivity index (χ4n) is 1.65. The summed E-state index contributed by atoms with van der Waals surface area (Å²) in [7, 11) is 0. The van der Waals surface area contributed by atoms with E-state index in [9.17, 15) is 9.18 Å². The first-order chi connectivity index (χ1) is 10.1. The van der Waals surface area contributed by atoms with E-state index in [0.717, 1.165) is 0 Å². The number of benzene rings is 1. The van der Waals surface area contributed by atoms with Crippen LogP contribution in [0.15, 0.2) is 47.8 Å². The smallest absolute Gasteiger partial charge is 0.335 e. The quantitative estimate of drug-likeness (QED) is 0.445. The molecule has 21 heavy (non-hydrogen) atoms. The molecule has 2 aromatic rings. The van der Waals surface area contributed by atoms with Crippen molar-refractivity contribution in [1.29, 1.82) is 0 Å². The highest BCUT2D eigenvalue weighted by molar-refractivity contribution is 6.02. The van der Waals surface area contributed by atoms with E-state index in [1.165, 1.54) is 42.6 Å². The van der Waals surface area contributed by atoms with Crippen LogP contribution in [0.1, 0.15) is 16.1 Å². The minimum absolute atomic E-state index is 0.0444. The number of anilines is 1. The second-order valence-electron chi connectivity index (χ2n) is 4.14. The van der Waals surface area contributed by atoms with Crippen LogP contribution < -0.4 is 5.32 Å². The molecule has 0 bridgehead atoms. The molecule has 0 amide bonds. The Bertz CT molecular complexity index is 671. The number of carbonyl (C=O) groups is 1. The molecule has 6 nitrogen and oxygen atoms in total. The topological polar surface area (TPSA) is 94.8 Å². The van der Waals surface area contributed by atoms with Gasteiger partial charge in [-0.2, -0.15) is 0 Å². The van der Waals surface area contributed by atoms with Crippen LogP contribution in [0.25, 0.3) is 0 Å². The summed E-state index contributed by atoms with van der Waals surface area (Å²) >= 11 is 0. The molecule has 0 aliphatic heterocycles. The van der Waals surface area contributed by atoms with E-state index < -0.39 is 5.97 Å². The molecule has 3 N–H and O–H groups in total. The number of pyridine rings is 1. The molecule has 1 heterocycles. The lowest BCUT2D eigenvalue weighted by molar-refractivity contribution is 0.0696. The lowest BCUT2D eigenvalue weighted by atomic mass is 10.1. The summed E-state index contributed by atoms with van der Waals surface area (Å²) < 4.78 is 12.8. The van der Waals surface area contributed by atoms with Gasteiger partial charge in [0.2, 0.25) is 0 Å². The van der Waals surface area contributed by atoms with Gasteiger partial charge in [-0.1, -0.05) is 5.16 Å². The van der Waals surface area contributed by atoms with E-state index in [-0.39, 0.29) is 29.3 Å². The van der Waals surface area contributed by atoms with Gasteiger partial charge in [0.1, 0.15) is 11.5 Å². The summed E-state index contributed by atoms with van der Waals surface area (Å²) in [5, 5.41) is 24.0. The molecule has 1 aromatic heterocycles.